The second kappa shape index (κ2) is 5.51. The van der Waals surface area contributed by atoms with Gasteiger partial charge in [-0.05, 0) is 37.8 Å². The van der Waals surface area contributed by atoms with Gasteiger partial charge in [-0.1, -0.05) is 12.1 Å². The fourth-order valence-corrected chi connectivity index (χ4v) is 3.01. The van der Waals surface area contributed by atoms with E-state index in [0.29, 0.717) is 0 Å². The van der Waals surface area contributed by atoms with Crippen LogP contribution < -0.4 is 15.5 Å². The number of nitrogens with one attached hydrogen (secondary N) is 2. The highest BCUT2D eigenvalue weighted by Gasteiger charge is 2.29. The molecule has 2 aliphatic rings. The van der Waals surface area contributed by atoms with Gasteiger partial charge in [-0.2, -0.15) is 0 Å². The molecule has 102 valence electrons. The number of anilines is 2. The van der Waals surface area contributed by atoms with Crippen molar-refractivity contribution >= 4 is 17.3 Å². The number of rotatable bonds is 1. The van der Waals surface area contributed by atoms with Crippen LogP contribution in [0.15, 0.2) is 24.3 Å². The maximum Gasteiger partial charge on any atom is 0.242 e. The van der Waals surface area contributed by atoms with Crippen molar-refractivity contribution in [3.63, 3.8) is 0 Å². The van der Waals surface area contributed by atoms with Crippen LogP contribution in [0.2, 0.25) is 0 Å². The van der Waals surface area contributed by atoms with Gasteiger partial charge in [-0.25, -0.2) is 0 Å². The summed E-state index contributed by atoms with van der Waals surface area (Å²) in [6, 6.07) is 8.30. The molecule has 0 radical (unpaired) electrons. The van der Waals surface area contributed by atoms with Crippen LogP contribution in [-0.2, 0) is 4.79 Å². The zero-order valence-electron chi connectivity index (χ0n) is 11.2. The Morgan fingerprint density at radius 1 is 1.05 bits per heavy atom. The number of nitrogens with zero attached hydrogens (tertiary/aromatic N) is 1. The summed E-state index contributed by atoms with van der Waals surface area (Å²) in [7, 11) is 0. The molecule has 1 aromatic rings. The van der Waals surface area contributed by atoms with Crippen LogP contribution in [0.25, 0.3) is 0 Å². The number of hydrogen-bond acceptors (Lipinski definition) is 3. The van der Waals surface area contributed by atoms with E-state index in [9.17, 15) is 4.79 Å². The van der Waals surface area contributed by atoms with Gasteiger partial charge in [-0.15, -0.1) is 0 Å². The van der Waals surface area contributed by atoms with Crippen LogP contribution in [-0.4, -0.2) is 31.6 Å². The highest BCUT2D eigenvalue weighted by molar-refractivity contribution is 5.87. The van der Waals surface area contributed by atoms with E-state index in [4.69, 9.17) is 0 Å². The van der Waals surface area contributed by atoms with Crippen molar-refractivity contribution in [3.8, 4) is 0 Å². The second-order valence-corrected chi connectivity index (χ2v) is 5.29. The van der Waals surface area contributed by atoms with E-state index >= 15 is 0 Å². The Morgan fingerprint density at radius 3 is 2.84 bits per heavy atom. The van der Waals surface area contributed by atoms with Crippen LogP contribution in [0.5, 0.6) is 0 Å². The van der Waals surface area contributed by atoms with Crippen molar-refractivity contribution in [2.45, 2.75) is 31.7 Å². The van der Waals surface area contributed by atoms with Gasteiger partial charge in [-0.3, -0.25) is 4.79 Å². The van der Waals surface area contributed by atoms with Gasteiger partial charge in [0.15, 0.2) is 0 Å². The minimum Gasteiger partial charge on any atom is -0.383 e. The van der Waals surface area contributed by atoms with Crippen LogP contribution in [0.4, 0.5) is 11.4 Å². The average Bonchev–Trinajstić information content (AvgIpc) is 2.76. The summed E-state index contributed by atoms with van der Waals surface area (Å²) < 4.78 is 0. The third kappa shape index (κ3) is 2.53. The van der Waals surface area contributed by atoms with Gasteiger partial charge < -0.3 is 15.5 Å². The number of carbonyl (C=O) groups excluding carboxylic acids is 1. The predicted octanol–water partition coefficient (Wildman–Crippen LogP) is 1.98. The summed E-state index contributed by atoms with van der Waals surface area (Å²) in [5.41, 5.74) is 2.32. The Bertz CT molecular complexity index is 460. The Balaban J connectivity index is 1.92. The number of benzene rings is 1. The molecule has 0 bridgehead atoms. The van der Waals surface area contributed by atoms with Crippen LogP contribution >= 0.6 is 0 Å². The standard InChI is InChI=1S/C15H21N3O/c19-15-14(8-3-4-9-17-15)18-11-5-10-16-12-6-1-2-7-13(12)18/h1-2,6-7,14,16H,3-5,8-11H2,(H,17,19). The van der Waals surface area contributed by atoms with E-state index in [2.05, 4.69) is 27.7 Å². The van der Waals surface area contributed by atoms with E-state index in [1.165, 1.54) is 5.69 Å². The van der Waals surface area contributed by atoms with Crippen LogP contribution in [0, 0.1) is 0 Å². The highest BCUT2D eigenvalue weighted by Crippen LogP contribution is 2.31. The first-order valence-electron chi connectivity index (χ1n) is 7.23. The van der Waals surface area contributed by atoms with Crippen molar-refractivity contribution in [1.29, 1.82) is 0 Å². The Labute approximate surface area is 114 Å². The topological polar surface area (TPSA) is 44.4 Å². The summed E-state index contributed by atoms with van der Waals surface area (Å²) in [6.07, 6.45) is 4.24. The molecule has 2 heterocycles. The summed E-state index contributed by atoms with van der Waals surface area (Å²) in [6.45, 7) is 2.74. The summed E-state index contributed by atoms with van der Waals surface area (Å²) in [4.78, 5) is 14.6. The summed E-state index contributed by atoms with van der Waals surface area (Å²) in [5.74, 6) is 0.189. The largest absolute Gasteiger partial charge is 0.383 e. The van der Waals surface area contributed by atoms with Crippen molar-refractivity contribution in [1.82, 2.24) is 5.32 Å². The maximum absolute atomic E-state index is 12.3. The number of hydrogen-bond donors (Lipinski definition) is 2. The molecule has 2 N–H and O–H groups in total. The van der Waals surface area contributed by atoms with Gasteiger partial charge in [0.1, 0.15) is 6.04 Å². The molecule has 4 nitrogen and oxygen atoms in total. The molecule has 1 saturated heterocycles. The first-order chi connectivity index (χ1) is 9.36. The van der Waals surface area contributed by atoms with Crippen molar-refractivity contribution in [2.75, 3.05) is 29.9 Å². The average molecular weight is 259 g/mol. The lowest BCUT2D eigenvalue weighted by Crippen LogP contribution is -2.46. The molecule has 3 rings (SSSR count). The molecule has 19 heavy (non-hydrogen) atoms. The Morgan fingerprint density at radius 2 is 1.89 bits per heavy atom. The molecule has 1 aromatic carbocycles. The van der Waals surface area contributed by atoms with Gasteiger partial charge in [0.2, 0.25) is 5.91 Å². The van der Waals surface area contributed by atoms with E-state index in [1.54, 1.807) is 0 Å². The lowest BCUT2D eigenvalue weighted by atomic mass is 10.1. The summed E-state index contributed by atoms with van der Waals surface area (Å²) >= 11 is 0. The molecule has 1 atom stereocenters. The fraction of sp³-hybridized carbons (Fsp3) is 0.533. The number of fused-ring (bicyclic) bond motifs is 1. The predicted molar refractivity (Wildman–Crippen MR) is 77.5 cm³/mol. The minimum atomic E-state index is -0.0106. The van der Waals surface area contributed by atoms with Gasteiger partial charge in [0.25, 0.3) is 0 Å². The molecule has 0 saturated carbocycles. The number of carbonyl (C=O) groups is 1. The molecular formula is C15H21N3O. The van der Waals surface area contributed by atoms with Crippen molar-refractivity contribution in [2.24, 2.45) is 0 Å². The molecule has 2 aliphatic heterocycles. The first-order valence-corrected chi connectivity index (χ1v) is 7.23. The smallest absolute Gasteiger partial charge is 0.242 e. The highest BCUT2D eigenvalue weighted by atomic mass is 16.2. The Kier molecular flexibility index (Phi) is 3.58. The monoisotopic (exact) mass is 259 g/mol. The van der Waals surface area contributed by atoms with Crippen LogP contribution in [0.3, 0.4) is 0 Å². The van der Waals surface area contributed by atoms with Gasteiger partial charge in [0, 0.05) is 19.6 Å². The van der Waals surface area contributed by atoms with E-state index in [1.807, 2.05) is 12.1 Å². The lowest BCUT2D eigenvalue weighted by Gasteiger charge is -2.31. The van der Waals surface area contributed by atoms with Crippen LogP contribution in [0.1, 0.15) is 25.7 Å². The normalized spacial score (nSPS) is 23.7. The van der Waals surface area contributed by atoms with E-state index in [0.717, 1.165) is 51.0 Å². The fourth-order valence-electron chi connectivity index (χ4n) is 3.01. The first kappa shape index (κ1) is 12.3. The third-order valence-electron chi connectivity index (χ3n) is 3.99. The molecular weight excluding hydrogens is 238 g/mol. The number of amides is 1. The molecule has 1 fully saturated rings. The zero-order valence-corrected chi connectivity index (χ0v) is 11.2. The molecule has 1 amide bonds. The quantitative estimate of drug-likeness (QED) is 0.810. The van der Waals surface area contributed by atoms with E-state index < -0.39 is 0 Å². The van der Waals surface area contributed by atoms with Gasteiger partial charge >= 0.3 is 0 Å². The molecule has 0 aromatic heterocycles. The number of para-hydroxylation sites is 2. The van der Waals surface area contributed by atoms with E-state index in [-0.39, 0.29) is 11.9 Å². The lowest BCUT2D eigenvalue weighted by molar-refractivity contribution is -0.122. The third-order valence-corrected chi connectivity index (χ3v) is 3.99. The molecule has 1 unspecified atom stereocenters. The van der Waals surface area contributed by atoms with Gasteiger partial charge in [0.05, 0.1) is 11.4 Å². The Hall–Kier alpha value is -1.71. The minimum absolute atomic E-state index is 0.0106. The summed E-state index contributed by atoms with van der Waals surface area (Å²) in [5, 5.41) is 6.49. The zero-order chi connectivity index (χ0) is 13.1. The van der Waals surface area contributed by atoms with Crippen molar-refractivity contribution < 1.29 is 4.79 Å². The molecule has 0 aliphatic carbocycles. The SMILES string of the molecule is O=C1NCCCCC1N1CCCNc2ccccc21. The molecule has 4 heteroatoms. The molecule has 0 spiro atoms. The van der Waals surface area contributed by atoms with Crippen molar-refractivity contribution in [3.05, 3.63) is 24.3 Å². The second-order valence-electron chi connectivity index (χ2n) is 5.29. The maximum atomic E-state index is 12.3.